The Morgan fingerprint density at radius 1 is 1.06 bits per heavy atom. The summed E-state index contributed by atoms with van der Waals surface area (Å²) in [5.41, 5.74) is 7.66. The maximum atomic E-state index is 5.80. The summed E-state index contributed by atoms with van der Waals surface area (Å²) >= 11 is 0. The molecule has 0 bridgehead atoms. The molecule has 0 aliphatic carbocycles. The number of aromatic nitrogens is 1. The van der Waals surface area contributed by atoms with E-state index in [1.165, 1.54) is 0 Å². The van der Waals surface area contributed by atoms with Crippen LogP contribution >= 0.6 is 0 Å². The SMILES string of the molecule is NCCOB(c1ccccc1)c1cccnc1. The van der Waals surface area contributed by atoms with Gasteiger partial charge in [0.05, 0.1) is 0 Å². The monoisotopic (exact) mass is 226 g/mol. The summed E-state index contributed by atoms with van der Waals surface area (Å²) in [5.74, 6) is 0. The van der Waals surface area contributed by atoms with Crippen LogP contribution in [0.2, 0.25) is 0 Å². The van der Waals surface area contributed by atoms with Gasteiger partial charge in [0.1, 0.15) is 0 Å². The molecule has 1 aromatic heterocycles. The van der Waals surface area contributed by atoms with Gasteiger partial charge in [-0.3, -0.25) is 4.98 Å². The number of hydrogen-bond acceptors (Lipinski definition) is 3. The quantitative estimate of drug-likeness (QED) is 0.739. The Kier molecular flexibility index (Phi) is 4.30. The molecule has 17 heavy (non-hydrogen) atoms. The molecule has 86 valence electrons. The van der Waals surface area contributed by atoms with E-state index in [9.17, 15) is 0 Å². The number of nitrogens with zero attached hydrogens (tertiary/aromatic N) is 1. The Morgan fingerprint density at radius 2 is 1.82 bits per heavy atom. The highest BCUT2D eigenvalue weighted by molar-refractivity contribution is 6.79. The molecular weight excluding hydrogens is 211 g/mol. The van der Waals surface area contributed by atoms with E-state index in [4.69, 9.17) is 10.4 Å². The van der Waals surface area contributed by atoms with Gasteiger partial charge in [0.15, 0.2) is 0 Å². The van der Waals surface area contributed by atoms with Crippen molar-refractivity contribution in [1.82, 2.24) is 4.98 Å². The fourth-order valence-electron chi connectivity index (χ4n) is 1.73. The highest BCUT2D eigenvalue weighted by Gasteiger charge is 2.20. The van der Waals surface area contributed by atoms with E-state index in [1.54, 1.807) is 6.20 Å². The molecule has 4 heteroatoms. The molecule has 0 atom stereocenters. The molecule has 0 saturated carbocycles. The number of hydrogen-bond donors (Lipinski definition) is 1. The summed E-state index contributed by atoms with van der Waals surface area (Å²) in [6.45, 7) is 0.964. The van der Waals surface area contributed by atoms with Crippen LogP contribution < -0.4 is 16.7 Å². The third-order valence-electron chi connectivity index (χ3n) is 2.49. The van der Waals surface area contributed by atoms with Crippen molar-refractivity contribution < 1.29 is 4.65 Å². The molecule has 3 nitrogen and oxygen atoms in total. The van der Waals surface area contributed by atoms with Crippen molar-refractivity contribution in [3.8, 4) is 0 Å². The van der Waals surface area contributed by atoms with Crippen molar-refractivity contribution >= 4 is 17.8 Å². The molecule has 2 rings (SSSR count). The Balaban J connectivity index is 2.26. The molecule has 0 saturated heterocycles. The van der Waals surface area contributed by atoms with Crippen LogP contribution in [0.1, 0.15) is 0 Å². The lowest BCUT2D eigenvalue weighted by atomic mass is 9.56. The van der Waals surface area contributed by atoms with Crippen molar-refractivity contribution in [3.05, 3.63) is 54.9 Å². The minimum absolute atomic E-state index is 0.0894. The van der Waals surface area contributed by atoms with Gasteiger partial charge in [-0.15, -0.1) is 0 Å². The van der Waals surface area contributed by atoms with Crippen LogP contribution in [0.25, 0.3) is 0 Å². The predicted octanol–water partition coefficient (Wildman–Crippen LogP) is 0.163. The van der Waals surface area contributed by atoms with E-state index in [0.717, 1.165) is 10.9 Å². The third-order valence-corrected chi connectivity index (χ3v) is 2.49. The lowest BCUT2D eigenvalue weighted by Crippen LogP contribution is -2.45. The average Bonchev–Trinajstić information content (AvgIpc) is 2.42. The second-order valence-corrected chi connectivity index (χ2v) is 3.74. The zero-order valence-corrected chi connectivity index (χ0v) is 9.62. The summed E-state index contributed by atoms with van der Waals surface area (Å²) in [4.78, 5) is 4.13. The first-order valence-electron chi connectivity index (χ1n) is 5.68. The Labute approximate surface area is 102 Å². The molecule has 0 aliphatic rings. The number of rotatable bonds is 5. The van der Waals surface area contributed by atoms with Crippen LogP contribution in [0.4, 0.5) is 0 Å². The van der Waals surface area contributed by atoms with Gasteiger partial charge in [0, 0.05) is 25.5 Å². The van der Waals surface area contributed by atoms with Crippen molar-refractivity contribution in [2.75, 3.05) is 13.2 Å². The van der Waals surface area contributed by atoms with Gasteiger partial charge in [0.25, 0.3) is 0 Å². The van der Waals surface area contributed by atoms with Crippen LogP contribution in [-0.2, 0) is 4.65 Å². The first kappa shape index (κ1) is 11.8. The smallest absolute Gasteiger partial charge is 0.363 e. The van der Waals surface area contributed by atoms with Crippen molar-refractivity contribution in [2.45, 2.75) is 0 Å². The number of benzene rings is 1. The lowest BCUT2D eigenvalue weighted by molar-refractivity contribution is 0.344. The van der Waals surface area contributed by atoms with Crippen molar-refractivity contribution in [1.29, 1.82) is 0 Å². The maximum Gasteiger partial charge on any atom is 0.363 e. The summed E-state index contributed by atoms with van der Waals surface area (Å²) in [6, 6.07) is 14.0. The van der Waals surface area contributed by atoms with Gasteiger partial charge in [-0.25, -0.2) is 0 Å². The van der Waals surface area contributed by atoms with Crippen LogP contribution in [0, 0.1) is 0 Å². The Bertz CT molecular complexity index is 396. The minimum Gasteiger partial charge on any atom is -0.426 e. The lowest BCUT2D eigenvalue weighted by Gasteiger charge is -2.14. The fourth-order valence-corrected chi connectivity index (χ4v) is 1.73. The molecule has 0 radical (unpaired) electrons. The summed E-state index contributed by atoms with van der Waals surface area (Å²) < 4.78 is 5.80. The largest absolute Gasteiger partial charge is 0.426 e. The van der Waals surface area contributed by atoms with E-state index in [-0.39, 0.29) is 6.92 Å². The van der Waals surface area contributed by atoms with E-state index in [2.05, 4.69) is 4.98 Å². The van der Waals surface area contributed by atoms with Gasteiger partial charge < -0.3 is 10.4 Å². The third kappa shape index (κ3) is 3.15. The Morgan fingerprint density at radius 3 is 2.47 bits per heavy atom. The van der Waals surface area contributed by atoms with Gasteiger partial charge in [-0.2, -0.15) is 0 Å². The average molecular weight is 226 g/mol. The summed E-state index contributed by atoms with van der Waals surface area (Å²) in [5, 5.41) is 0. The molecule has 1 aromatic carbocycles. The predicted molar refractivity (Wildman–Crippen MR) is 70.7 cm³/mol. The van der Waals surface area contributed by atoms with E-state index in [1.807, 2.05) is 48.7 Å². The summed E-state index contributed by atoms with van der Waals surface area (Å²) in [7, 11) is 0. The van der Waals surface area contributed by atoms with Gasteiger partial charge in [-0.05, 0) is 17.0 Å². The minimum atomic E-state index is -0.0894. The van der Waals surface area contributed by atoms with Crippen molar-refractivity contribution in [3.63, 3.8) is 0 Å². The molecule has 0 spiro atoms. The molecule has 2 aromatic rings. The van der Waals surface area contributed by atoms with Gasteiger partial charge >= 0.3 is 6.92 Å². The van der Waals surface area contributed by atoms with Gasteiger partial charge in [0.2, 0.25) is 0 Å². The molecule has 2 N–H and O–H groups in total. The normalized spacial score (nSPS) is 10.2. The Hall–Kier alpha value is -1.65. The zero-order valence-electron chi connectivity index (χ0n) is 9.62. The molecule has 0 unspecified atom stereocenters. The maximum absolute atomic E-state index is 5.80. The molecule has 0 amide bonds. The van der Waals surface area contributed by atoms with E-state index >= 15 is 0 Å². The number of pyridine rings is 1. The van der Waals surface area contributed by atoms with Crippen LogP contribution in [0.5, 0.6) is 0 Å². The van der Waals surface area contributed by atoms with Crippen molar-refractivity contribution in [2.24, 2.45) is 5.73 Å². The van der Waals surface area contributed by atoms with Crippen LogP contribution in [0.15, 0.2) is 54.9 Å². The van der Waals surface area contributed by atoms with E-state index < -0.39 is 0 Å². The van der Waals surface area contributed by atoms with Gasteiger partial charge in [-0.1, -0.05) is 36.4 Å². The molecular formula is C13H15BN2O. The molecule has 0 fully saturated rings. The standard InChI is InChI=1S/C13H15BN2O/c15-8-10-17-14(12-5-2-1-3-6-12)13-7-4-9-16-11-13/h1-7,9,11H,8,10,15H2. The first-order chi connectivity index (χ1) is 8.42. The van der Waals surface area contributed by atoms with Crippen LogP contribution in [-0.4, -0.2) is 25.1 Å². The van der Waals surface area contributed by atoms with E-state index in [0.29, 0.717) is 13.2 Å². The summed E-state index contributed by atoms with van der Waals surface area (Å²) in [6.07, 6.45) is 3.59. The highest BCUT2D eigenvalue weighted by Crippen LogP contribution is 1.93. The second kappa shape index (κ2) is 6.18. The molecule has 0 aliphatic heterocycles. The van der Waals surface area contributed by atoms with Crippen LogP contribution in [0.3, 0.4) is 0 Å². The second-order valence-electron chi connectivity index (χ2n) is 3.74. The topological polar surface area (TPSA) is 48.1 Å². The zero-order chi connectivity index (χ0) is 11.9. The highest BCUT2D eigenvalue weighted by atomic mass is 16.4. The number of nitrogens with two attached hydrogens (primary N) is 1. The fraction of sp³-hybridized carbons (Fsp3) is 0.154. The first-order valence-corrected chi connectivity index (χ1v) is 5.68. The molecule has 1 heterocycles.